The van der Waals surface area contributed by atoms with Gasteiger partial charge in [-0.15, -0.1) is 0 Å². The zero-order chi connectivity index (χ0) is 34.1. The van der Waals surface area contributed by atoms with Gasteiger partial charge in [0.15, 0.2) is 0 Å². The van der Waals surface area contributed by atoms with Crippen LogP contribution in [0.15, 0.2) is 24.5 Å². The number of nitrogens with one attached hydrogen (secondary N) is 6. The highest BCUT2D eigenvalue weighted by atomic mass is 16.5. The molecule has 6 atom stereocenters. The second kappa shape index (κ2) is 20.3. The molecule has 14 heteroatoms. The molecule has 254 valence electrons. The molecule has 0 aromatic carbocycles. The molecule has 0 fully saturated rings. The highest BCUT2D eigenvalue weighted by Crippen LogP contribution is 2.11. The number of hydrogen-bond donors (Lipinski definition) is 8. The van der Waals surface area contributed by atoms with Crippen LogP contribution < -0.4 is 36.6 Å². The molecule has 3 unspecified atom stereocenters. The SMILES string of the molecule is CCC[C@H](NC(=O)C(NC(=O)c1cc[n+](O)cc1)[C@@H](C)CC)C(=O)NC(CN[C@@H](C)C(=O)NC(CO)C(=O)NCC)CC(C)C. The summed E-state index contributed by atoms with van der Waals surface area (Å²) in [5, 5.41) is 35.7. The summed E-state index contributed by atoms with van der Waals surface area (Å²) in [6.07, 6.45) is 4.80. The van der Waals surface area contributed by atoms with E-state index in [-0.39, 0.29) is 35.9 Å². The number of pyridine rings is 1. The number of carbonyl (C=O) groups excluding carboxylic acids is 5. The molecule has 1 rings (SSSR count). The van der Waals surface area contributed by atoms with E-state index in [1.165, 1.54) is 24.5 Å². The van der Waals surface area contributed by atoms with Gasteiger partial charge in [0.2, 0.25) is 36.0 Å². The van der Waals surface area contributed by atoms with E-state index in [1.54, 1.807) is 13.8 Å². The van der Waals surface area contributed by atoms with Gasteiger partial charge in [0.25, 0.3) is 5.91 Å². The van der Waals surface area contributed by atoms with E-state index in [2.05, 4.69) is 31.9 Å². The van der Waals surface area contributed by atoms with E-state index in [0.717, 1.165) is 4.73 Å². The van der Waals surface area contributed by atoms with Crippen molar-refractivity contribution >= 4 is 29.5 Å². The maximum Gasteiger partial charge on any atom is 0.252 e. The van der Waals surface area contributed by atoms with E-state index >= 15 is 0 Å². The van der Waals surface area contributed by atoms with Crippen molar-refractivity contribution < 1.29 is 39.0 Å². The Bertz CT molecular complexity index is 1100. The van der Waals surface area contributed by atoms with Crippen molar-refractivity contribution in [2.45, 2.75) is 104 Å². The molecule has 1 aromatic heterocycles. The summed E-state index contributed by atoms with van der Waals surface area (Å²) < 4.78 is 0.808. The number of aliphatic hydroxyl groups excluding tert-OH is 1. The summed E-state index contributed by atoms with van der Waals surface area (Å²) in [6, 6.07) is -1.07. The average molecular weight is 637 g/mol. The second-order valence-electron chi connectivity index (χ2n) is 11.8. The van der Waals surface area contributed by atoms with E-state index in [4.69, 9.17) is 0 Å². The predicted molar refractivity (Wildman–Crippen MR) is 168 cm³/mol. The molecule has 0 saturated heterocycles. The molecular formula is C31H54N7O7+. The van der Waals surface area contributed by atoms with Gasteiger partial charge < -0.3 is 37.0 Å². The van der Waals surface area contributed by atoms with Crippen LogP contribution in [0.1, 0.15) is 84.5 Å². The van der Waals surface area contributed by atoms with Crippen LogP contribution in [-0.2, 0) is 19.2 Å². The zero-order valence-corrected chi connectivity index (χ0v) is 27.7. The van der Waals surface area contributed by atoms with Gasteiger partial charge in [-0.2, -0.15) is 0 Å². The van der Waals surface area contributed by atoms with E-state index in [0.29, 0.717) is 32.2 Å². The number of hydrogen-bond acceptors (Lipinski definition) is 8. The molecular weight excluding hydrogens is 582 g/mol. The van der Waals surface area contributed by atoms with E-state index in [9.17, 15) is 34.3 Å². The molecule has 0 spiro atoms. The zero-order valence-electron chi connectivity index (χ0n) is 27.7. The maximum absolute atomic E-state index is 13.5. The summed E-state index contributed by atoms with van der Waals surface area (Å²) in [5.41, 5.74) is 0.271. The quantitative estimate of drug-likeness (QED) is 0.0708. The second-order valence-corrected chi connectivity index (χ2v) is 11.8. The van der Waals surface area contributed by atoms with Crippen LogP contribution in [0.4, 0.5) is 0 Å². The lowest BCUT2D eigenvalue weighted by Gasteiger charge is -2.28. The maximum atomic E-state index is 13.5. The van der Waals surface area contributed by atoms with Crippen molar-refractivity contribution in [2.75, 3.05) is 19.7 Å². The molecule has 1 heterocycles. The molecule has 0 aliphatic heterocycles. The summed E-state index contributed by atoms with van der Waals surface area (Å²) in [6.45, 7) is 13.1. The van der Waals surface area contributed by atoms with Crippen molar-refractivity contribution in [1.29, 1.82) is 0 Å². The molecule has 14 nitrogen and oxygen atoms in total. The fraction of sp³-hybridized carbons (Fsp3) is 0.677. The predicted octanol–water partition coefficient (Wildman–Crippen LogP) is -0.237. The Kier molecular flexibility index (Phi) is 17.7. The van der Waals surface area contributed by atoms with Gasteiger partial charge in [-0.3, -0.25) is 29.2 Å². The van der Waals surface area contributed by atoms with Gasteiger partial charge >= 0.3 is 0 Å². The van der Waals surface area contributed by atoms with Gasteiger partial charge in [0.1, 0.15) is 18.1 Å². The number of aromatic nitrogens is 1. The minimum Gasteiger partial charge on any atom is -0.394 e. The lowest BCUT2D eigenvalue weighted by atomic mass is 9.97. The van der Waals surface area contributed by atoms with Crippen LogP contribution in [0.3, 0.4) is 0 Å². The van der Waals surface area contributed by atoms with E-state index < -0.39 is 54.4 Å². The first-order valence-electron chi connectivity index (χ1n) is 15.8. The van der Waals surface area contributed by atoms with Crippen molar-refractivity contribution in [3.05, 3.63) is 30.1 Å². The number of amides is 5. The Morgan fingerprint density at radius 2 is 1.44 bits per heavy atom. The van der Waals surface area contributed by atoms with Gasteiger partial charge in [-0.1, -0.05) is 47.5 Å². The topological polar surface area (TPSA) is 202 Å². The number of carbonyl (C=O) groups is 5. The van der Waals surface area contributed by atoms with Crippen molar-refractivity contribution in [3.8, 4) is 0 Å². The van der Waals surface area contributed by atoms with Crippen LogP contribution >= 0.6 is 0 Å². The Morgan fingerprint density at radius 1 is 0.822 bits per heavy atom. The summed E-state index contributed by atoms with van der Waals surface area (Å²) >= 11 is 0. The lowest BCUT2D eigenvalue weighted by molar-refractivity contribution is -0.904. The molecule has 0 radical (unpaired) electrons. The molecule has 0 aliphatic carbocycles. The van der Waals surface area contributed by atoms with Gasteiger partial charge in [-0.25, -0.2) is 0 Å². The fourth-order valence-electron chi connectivity index (χ4n) is 4.58. The normalized spacial score (nSPS) is 15.1. The highest BCUT2D eigenvalue weighted by molar-refractivity contribution is 5.98. The van der Waals surface area contributed by atoms with Gasteiger partial charge in [0.05, 0.1) is 18.2 Å². The average Bonchev–Trinajstić information content (AvgIpc) is 3.00. The number of nitrogens with zero attached hydrogens (tertiary/aromatic N) is 1. The Morgan fingerprint density at radius 3 is 1.98 bits per heavy atom. The first kappa shape index (κ1) is 39.2. The molecule has 0 aliphatic rings. The molecule has 1 aromatic rings. The molecule has 0 saturated carbocycles. The number of likely N-dealkylation sites (N-methyl/N-ethyl adjacent to an activating group) is 1. The standard InChI is InChI=1S/C31H53N7O7/c1-8-11-24(35-31(44)26(20(6)9-2)37-28(41)22-12-14-38(45)15-13-22)30(43)34-23(16-19(4)5)17-33-21(7)27(40)36-25(18-39)29(42)32-10-3/h12-15,19-21,23-26,33,39H,8-11,16-18H2,1-7H3,(H5-,32,34,35,36,37,40,41,42,43,44,45)/p+1/t20-,21-,23?,24-,25?,26?/m0/s1. The highest BCUT2D eigenvalue weighted by Gasteiger charge is 2.31. The van der Waals surface area contributed by atoms with Gasteiger partial charge in [-0.05, 0) is 38.5 Å². The smallest absolute Gasteiger partial charge is 0.252 e. The Balaban J connectivity index is 2.95. The van der Waals surface area contributed by atoms with Crippen molar-refractivity contribution in [3.63, 3.8) is 0 Å². The fourth-order valence-corrected chi connectivity index (χ4v) is 4.58. The lowest BCUT2D eigenvalue weighted by Crippen LogP contribution is -2.58. The van der Waals surface area contributed by atoms with E-state index in [1.807, 2.05) is 34.6 Å². The minimum atomic E-state index is -1.07. The third kappa shape index (κ3) is 13.8. The Labute approximate surface area is 266 Å². The molecule has 0 bridgehead atoms. The Hall–Kier alpha value is -3.78. The summed E-state index contributed by atoms with van der Waals surface area (Å²) in [4.78, 5) is 64.5. The number of aliphatic hydroxyl groups is 1. The van der Waals surface area contributed by atoms with Crippen LogP contribution in [0.2, 0.25) is 0 Å². The van der Waals surface area contributed by atoms with Gasteiger partial charge in [0, 0.05) is 36.0 Å². The van der Waals surface area contributed by atoms with Crippen LogP contribution in [0.5, 0.6) is 0 Å². The third-order valence-electron chi connectivity index (χ3n) is 7.40. The van der Waals surface area contributed by atoms with Crippen molar-refractivity contribution in [1.82, 2.24) is 31.9 Å². The monoisotopic (exact) mass is 636 g/mol. The third-order valence-corrected chi connectivity index (χ3v) is 7.40. The minimum absolute atomic E-state index is 0.209. The van der Waals surface area contributed by atoms with Crippen LogP contribution in [0, 0.1) is 11.8 Å². The van der Waals surface area contributed by atoms with Crippen LogP contribution in [0.25, 0.3) is 0 Å². The molecule has 5 amide bonds. The first-order valence-corrected chi connectivity index (χ1v) is 15.8. The summed E-state index contributed by atoms with van der Waals surface area (Å²) in [5.74, 6) is -2.32. The first-order chi connectivity index (χ1) is 21.3. The van der Waals surface area contributed by atoms with Crippen molar-refractivity contribution in [2.24, 2.45) is 11.8 Å². The largest absolute Gasteiger partial charge is 0.394 e. The number of rotatable bonds is 20. The van der Waals surface area contributed by atoms with Crippen LogP contribution in [-0.4, -0.2) is 89.8 Å². The molecule has 8 N–H and O–H groups in total. The molecule has 45 heavy (non-hydrogen) atoms. The summed E-state index contributed by atoms with van der Waals surface area (Å²) in [7, 11) is 0.